The van der Waals surface area contributed by atoms with Crippen LogP contribution in [0.4, 0.5) is 11.5 Å². The smallest absolute Gasteiger partial charge is 0.269 e. The molecule has 1 amide bonds. The summed E-state index contributed by atoms with van der Waals surface area (Å²) in [4.78, 5) is 33.0. The Hall–Kier alpha value is -2.94. The van der Waals surface area contributed by atoms with E-state index in [1.165, 1.54) is 0 Å². The lowest BCUT2D eigenvalue weighted by Gasteiger charge is -2.44. The van der Waals surface area contributed by atoms with Gasteiger partial charge in [-0.05, 0) is 24.1 Å². The van der Waals surface area contributed by atoms with Crippen molar-refractivity contribution in [2.24, 2.45) is 21.8 Å². The molecule has 164 valence electrons. The Bertz CT molecular complexity index is 931. The van der Waals surface area contributed by atoms with Gasteiger partial charge >= 0.3 is 0 Å². The maximum Gasteiger partial charge on any atom is 0.269 e. The van der Waals surface area contributed by atoms with Crippen LogP contribution in [0.15, 0.2) is 40.1 Å². The Morgan fingerprint density at radius 3 is 2.74 bits per heavy atom. The van der Waals surface area contributed by atoms with Crippen molar-refractivity contribution in [3.05, 3.63) is 30.1 Å². The largest absolute Gasteiger partial charge is 0.368 e. The van der Waals surface area contributed by atoms with Gasteiger partial charge in [0.15, 0.2) is 0 Å². The fourth-order valence-corrected chi connectivity index (χ4v) is 4.75. The van der Waals surface area contributed by atoms with Crippen LogP contribution in [0, 0.1) is 11.8 Å². The molecule has 5 heterocycles. The van der Waals surface area contributed by atoms with Crippen LogP contribution in [0.25, 0.3) is 0 Å². The molecule has 4 aliphatic heterocycles. The summed E-state index contributed by atoms with van der Waals surface area (Å²) in [5, 5.41) is 6.61. The molecular formula is C22H30N8O. The van der Waals surface area contributed by atoms with Crippen LogP contribution in [-0.2, 0) is 4.79 Å². The van der Waals surface area contributed by atoms with E-state index in [0.717, 1.165) is 37.6 Å². The van der Waals surface area contributed by atoms with E-state index in [-0.39, 0.29) is 24.0 Å². The zero-order valence-electron chi connectivity index (χ0n) is 18.3. The quantitative estimate of drug-likeness (QED) is 0.755. The number of anilines is 2. The first kappa shape index (κ1) is 20.0. The zero-order chi connectivity index (χ0) is 21.5. The lowest BCUT2D eigenvalue weighted by atomic mass is 9.98. The molecule has 0 aliphatic carbocycles. The molecule has 2 fully saturated rings. The van der Waals surface area contributed by atoms with Crippen LogP contribution in [0.5, 0.6) is 0 Å². The van der Waals surface area contributed by atoms with Crippen LogP contribution in [0.2, 0.25) is 0 Å². The normalized spacial score (nSPS) is 27.8. The molecule has 5 rings (SSSR count). The first-order chi connectivity index (χ1) is 15.0. The van der Waals surface area contributed by atoms with Gasteiger partial charge in [0.25, 0.3) is 5.91 Å². The van der Waals surface area contributed by atoms with E-state index in [0.29, 0.717) is 24.2 Å². The van der Waals surface area contributed by atoms with Crippen LogP contribution >= 0.6 is 0 Å². The van der Waals surface area contributed by atoms with E-state index in [4.69, 9.17) is 4.99 Å². The van der Waals surface area contributed by atoms with Crippen LogP contribution < -0.4 is 15.5 Å². The third-order valence-corrected chi connectivity index (χ3v) is 6.50. The van der Waals surface area contributed by atoms with Gasteiger partial charge in [0.1, 0.15) is 17.7 Å². The summed E-state index contributed by atoms with van der Waals surface area (Å²) in [6.45, 7) is 9.08. The standard InChI is InChI=1S/C22H30N8O/c1-14(2)18-13-28(3)21(31)17-10-15-11-25-22(27-20(15)30(17)18)26-19-5-4-16(12-24-19)29-8-6-23-7-9-29/h4-5,10-12,14-15,18,20,23H,6-9,13H2,1-3H3,(H,24,26,27)/t15?,18-,20?/m1/s1. The number of guanidine groups is 1. The highest BCUT2D eigenvalue weighted by molar-refractivity contribution is 6.01. The van der Waals surface area contributed by atoms with Gasteiger partial charge in [-0.15, -0.1) is 0 Å². The third-order valence-electron chi connectivity index (χ3n) is 6.50. The molecule has 4 aliphatic rings. The van der Waals surface area contributed by atoms with Crippen molar-refractivity contribution in [1.82, 2.24) is 20.1 Å². The molecule has 2 saturated heterocycles. The van der Waals surface area contributed by atoms with Crippen molar-refractivity contribution >= 4 is 29.6 Å². The minimum Gasteiger partial charge on any atom is -0.368 e. The number of hydrogen-bond acceptors (Lipinski definition) is 8. The topological polar surface area (TPSA) is 88.5 Å². The van der Waals surface area contributed by atoms with E-state index in [9.17, 15) is 4.79 Å². The minimum atomic E-state index is -0.139. The van der Waals surface area contributed by atoms with E-state index in [1.807, 2.05) is 36.5 Å². The number of carbonyl (C=O) groups excluding carboxylic acids is 1. The second-order valence-electron chi connectivity index (χ2n) is 8.94. The first-order valence-electron chi connectivity index (χ1n) is 11.1. The Labute approximate surface area is 182 Å². The lowest BCUT2D eigenvalue weighted by molar-refractivity contribution is -0.132. The van der Waals surface area contributed by atoms with Gasteiger partial charge in [-0.3, -0.25) is 4.79 Å². The molecule has 0 radical (unpaired) electrons. The highest BCUT2D eigenvalue weighted by Crippen LogP contribution is 2.37. The molecule has 1 aromatic rings. The van der Waals surface area contributed by atoms with Gasteiger partial charge in [-0.2, -0.15) is 0 Å². The summed E-state index contributed by atoms with van der Waals surface area (Å²) in [7, 11) is 1.87. The van der Waals surface area contributed by atoms with Crippen molar-refractivity contribution in [3.63, 3.8) is 0 Å². The van der Waals surface area contributed by atoms with Crippen molar-refractivity contribution in [2.75, 3.05) is 50.0 Å². The average Bonchev–Trinajstić information content (AvgIpc) is 3.16. The monoisotopic (exact) mass is 422 g/mol. The predicted octanol–water partition coefficient (Wildman–Crippen LogP) is 0.982. The second-order valence-corrected chi connectivity index (χ2v) is 8.94. The molecule has 1 aromatic heterocycles. The van der Waals surface area contributed by atoms with Crippen LogP contribution in [0.3, 0.4) is 0 Å². The number of rotatable bonds is 3. The van der Waals surface area contributed by atoms with Crippen molar-refractivity contribution < 1.29 is 4.79 Å². The fourth-order valence-electron chi connectivity index (χ4n) is 4.75. The number of likely N-dealkylation sites (N-methyl/N-ethyl adjacent to an activating group) is 1. The number of carbonyl (C=O) groups is 1. The van der Waals surface area contributed by atoms with Crippen LogP contribution in [0.1, 0.15) is 13.8 Å². The Balaban J connectivity index is 1.33. The number of aliphatic imine (C=N–C) groups is 2. The van der Waals surface area contributed by atoms with Gasteiger partial charge in [-0.25, -0.2) is 15.0 Å². The number of amides is 1. The zero-order valence-corrected chi connectivity index (χ0v) is 18.3. The minimum absolute atomic E-state index is 0.0142. The second kappa shape index (κ2) is 7.96. The number of piperazine rings is 2. The number of pyridine rings is 1. The molecule has 0 saturated carbocycles. The Morgan fingerprint density at radius 2 is 2.03 bits per heavy atom. The molecule has 0 aromatic carbocycles. The first-order valence-corrected chi connectivity index (χ1v) is 11.1. The SMILES string of the molecule is CC(C)[C@H]1CN(C)C(=O)C2=CC3C=NC(Nc4ccc(N5CCNCC5)cn4)=NC3N21. The molecular weight excluding hydrogens is 392 g/mol. The maximum absolute atomic E-state index is 12.7. The van der Waals surface area contributed by atoms with E-state index >= 15 is 0 Å². The number of nitrogens with zero attached hydrogens (tertiary/aromatic N) is 6. The van der Waals surface area contributed by atoms with Gasteiger partial charge in [0.05, 0.1) is 23.8 Å². The third kappa shape index (κ3) is 3.67. The van der Waals surface area contributed by atoms with Crippen LogP contribution in [-0.4, -0.2) is 84.8 Å². The van der Waals surface area contributed by atoms with Gasteiger partial charge in [-0.1, -0.05) is 13.8 Å². The molecule has 31 heavy (non-hydrogen) atoms. The number of aromatic nitrogens is 1. The summed E-state index contributed by atoms with van der Waals surface area (Å²) in [6.07, 6.45) is 5.67. The van der Waals surface area contributed by atoms with E-state index < -0.39 is 0 Å². The molecule has 2 unspecified atom stereocenters. The summed E-state index contributed by atoms with van der Waals surface area (Å²) in [5.41, 5.74) is 1.87. The molecule has 9 heteroatoms. The average molecular weight is 423 g/mol. The highest BCUT2D eigenvalue weighted by atomic mass is 16.2. The molecule has 3 atom stereocenters. The summed E-state index contributed by atoms with van der Waals surface area (Å²) >= 11 is 0. The van der Waals surface area contributed by atoms with Crippen molar-refractivity contribution in [2.45, 2.75) is 26.1 Å². The van der Waals surface area contributed by atoms with E-state index in [2.05, 4.69) is 50.3 Å². The molecule has 0 spiro atoms. The van der Waals surface area contributed by atoms with Gasteiger partial charge in [0, 0.05) is 46.0 Å². The van der Waals surface area contributed by atoms with E-state index in [1.54, 1.807) is 0 Å². The number of hydrogen-bond donors (Lipinski definition) is 2. The Morgan fingerprint density at radius 1 is 1.23 bits per heavy atom. The predicted molar refractivity (Wildman–Crippen MR) is 122 cm³/mol. The summed E-state index contributed by atoms with van der Waals surface area (Å²) < 4.78 is 0. The van der Waals surface area contributed by atoms with Crippen molar-refractivity contribution in [3.8, 4) is 0 Å². The Kier molecular flexibility index (Phi) is 5.13. The highest BCUT2D eigenvalue weighted by Gasteiger charge is 2.46. The van der Waals surface area contributed by atoms with Gasteiger partial charge in [0.2, 0.25) is 5.96 Å². The fraction of sp³-hybridized carbons (Fsp3) is 0.545. The summed E-state index contributed by atoms with van der Waals surface area (Å²) in [6, 6.07) is 4.28. The van der Waals surface area contributed by atoms with Gasteiger partial charge < -0.3 is 25.3 Å². The van der Waals surface area contributed by atoms with Crippen molar-refractivity contribution in [1.29, 1.82) is 0 Å². The summed E-state index contributed by atoms with van der Waals surface area (Å²) in [5.74, 6) is 1.73. The molecule has 2 N–H and O–H groups in total. The lowest BCUT2D eigenvalue weighted by Crippen LogP contribution is -2.57. The molecule has 9 nitrogen and oxygen atoms in total. The molecule has 0 bridgehead atoms. The number of fused-ring (bicyclic) bond motifs is 3. The number of nitrogens with one attached hydrogen (secondary N) is 2. The maximum atomic E-state index is 12.7.